The maximum absolute atomic E-state index is 5.63. The Labute approximate surface area is 109 Å². The third-order valence-electron chi connectivity index (χ3n) is 3.02. The molecule has 1 saturated carbocycles. The molecule has 5 nitrogen and oxygen atoms in total. The number of rotatable bonds is 8. The van der Waals surface area contributed by atoms with Gasteiger partial charge in [0.2, 0.25) is 0 Å². The van der Waals surface area contributed by atoms with Gasteiger partial charge in [-0.25, -0.2) is 9.97 Å². The van der Waals surface area contributed by atoms with E-state index < -0.39 is 0 Å². The van der Waals surface area contributed by atoms with Gasteiger partial charge in [0.15, 0.2) is 0 Å². The van der Waals surface area contributed by atoms with E-state index in [4.69, 9.17) is 4.74 Å². The second kappa shape index (κ2) is 6.54. The summed E-state index contributed by atoms with van der Waals surface area (Å²) < 4.78 is 5.63. The fourth-order valence-electron chi connectivity index (χ4n) is 1.68. The predicted octanol–water partition coefficient (Wildman–Crippen LogP) is 1.77. The largest absolute Gasteiger partial charge is 0.379 e. The Kier molecular flexibility index (Phi) is 4.75. The van der Waals surface area contributed by atoms with Gasteiger partial charge in [-0.1, -0.05) is 0 Å². The molecule has 1 N–H and O–H groups in total. The van der Waals surface area contributed by atoms with Gasteiger partial charge >= 0.3 is 0 Å². The van der Waals surface area contributed by atoms with E-state index in [9.17, 15) is 0 Å². The van der Waals surface area contributed by atoms with E-state index in [1.54, 1.807) is 6.33 Å². The van der Waals surface area contributed by atoms with Crippen LogP contribution in [0.5, 0.6) is 0 Å². The summed E-state index contributed by atoms with van der Waals surface area (Å²) in [5.74, 6) is 2.62. The highest BCUT2D eigenvalue weighted by atomic mass is 16.5. The van der Waals surface area contributed by atoms with E-state index in [0.717, 1.165) is 43.9 Å². The van der Waals surface area contributed by atoms with Crippen molar-refractivity contribution in [3.8, 4) is 0 Å². The first-order chi connectivity index (χ1) is 8.79. The van der Waals surface area contributed by atoms with Crippen LogP contribution in [-0.4, -0.2) is 43.3 Å². The van der Waals surface area contributed by atoms with Gasteiger partial charge in [-0.3, -0.25) is 0 Å². The highest BCUT2D eigenvalue weighted by Crippen LogP contribution is 2.28. The molecule has 1 heterocycles. The number of aromatic nitrogens is 2. The third-order valence-corrected chi connectivity index (χ3v) is 3.02. The topological polar surface area (TPSA) is 50.3 Å². The quantitative estimate of drug-likeness (QED) is 0.713. The van der Waals surface area contributed by atoms with Gasteiger partial charge in [-0.05, 0) is 25.7 Å². The summed E-state index contributed by atoms with van der Waals surface area (Å²) in [5.41, 5.74) is 0. The molecule has 0 aliphatic heterocycles. The highest BCUT2D eigenvalue weighted by Gasteiger charge is 2.20. The summed E-state index contributed by atoms with van der Waals surface area (Å²) in [6.07, 6.45) is 4.27. The number of hydrogen-bond acceptors (Lipinski definition) is 5. The molecule has 0 saturated heterocycles. The molecule has 0 atom stereocenters. The van der Waals surface area contributed by atoms with Crippen LogP contribution < -0.4 is 10.2 Å². The molecular formula is C13H22N4O. The molecule has 0 amide bonds. The molecule has 0 spiro atoms. The fraction of sp³-hybridized carbons (Fsp3) is 0.692. The third kappa shape index (κ3) is 4.14. The first-order valence-electron chi connectivity index (χ1n) is 6.64. The van der Waals surface area contributed by atoms with E-state index in [1.165, 1.54) is 12.8 Å². The van der Waals surface area contributed by atoms with Crippen molar-refractivity contribution in [2.45, 2.75) is 19.8 Å². The molecule has 2 rings (SSSR count). The van der Waals surface area contributed by atoms with E-state index in [-0.39, 0.29) is 0 Å². The molecule has 0 bridgehead atoms. The summed E-state index contributed by atoms with van der Waals surface area (Å²) in [4.78, 5) is 10.5. The molecule has 0 aromatic carbocycles. The Bertz CT molecular complexity index is 368. The van der Waals surface area contributed by atoms with Crippen LogP contribution in [0.15, 0.2) is 12.4 Å². The maximum Gasteiger partial charge on any atom is 0.133 e. The van der Waals surface area contributed by atoms with E-state index in [2.05, 4.69) is 27.1 Å². The highest BCUT2D eigenvalue weighted by molar-refractivity contribution is 5.47. The Morgan fingerprint density at radius 2 is 2.28 bits per heavy atom. The first kappa shape index (κ1) is 13.1. The molecular weight excluding hydrogens is 228 g/mol. The smallest absolute Gasteiger partial charge is 0.133 e. The average molecular weight is 250 g/mol. The van der Waals surface area contributed by atoms with Crippen LogP contribution in [0.1, 0.15) is 19.8 Å². The predicted molar refractivity (Wildman–Crippen MR) is 73.0 cm³/mol. The molecule has 1 aliphatic rings. The lowest BCUT2D eigenvalue weighted by Crippen LogP contribution is -2.24. The minimum absolute atomic E-state index is 0.757. The van der Waals surface area contributed by atoms with Crippen molar-refractivity contribution in [3.05, 3.63) is 12.4 Å². The number of nitrogens with zero attached hydrogens (tertiary/aromatic N) is 3. The number of nitrogens with one attached hydrogen (secondary N) is 1. The normalized spacial score (nSPS) is 14.6. The fourth-order valence-corrected chi connectivity index (χ4v) is 1.68. The summed E-state index contributed by atoms with van der Waals surface area (Å²) in [6.45, 7) is 5.45. The summed E-state index contributed by atoms with van der Waals surface area (Å²) >= 11 is 0. The van der Waals surface area contributed by atoms with E-state index in [1.807, 2.05) is 13.1 Å². The molecule has 1 aromatic rings. The zero-order valence-corrected chi connectivity index (χ0v) is 11.2. The van der Waals surface area contributed by atoms with Gasteiger partial charge in [-0.15, -0.1) is 0 Å². The lowest BCUT2D eigenvalue weighted by molar-refractivity contribution is 0.131. The van der Waals surface area contributed by atoms with Gasteiger partial charge in [0, 0.05) is 32.8 Å². The van der Waals surface area contributed by atoms with Crippen molar-refractivity contribution < 1.29 is 4.74 Å². The maximum atomic E-state index is 5.63. The molecule has 100 valence electrons. The minimum Gasteiger partial charge on any atom is -0.379 e. The Balaban J connectivity index is 1.75. The van der Waals surface area contributed by atoms with Crippen LogP contribution in [0.3, 0.4) is 0 Å². The zero-order chi connectivity index (χ0) is 12.8. The van der Waals surface area contributed by atoms with Crippen molar-refractivity contribution >= 4 is 11.6 Å². The molecule has 5 heteroatoms. The van der Waals surface area contributed by atoms with Crippen molar-refractivity contribution in [2.24, 2.45) is 5.92 Å². The zero-order valence-electron chi connectivity index (χ0n) is 11.2. The second-order valence-electron chi connectivity index (χ2n) is 4.73. The first-order valence-corrected chi connectivity index (χ1v) is 6.64. The van der Waals surface area contributed by atoms with Gasteiger partial charge < -0.3 is 15.0 Å². The molecule has 18 heavy (non-hydrogen) atoms. The SMILES string of the molecule is CCNc1cc(N(C)CCOCC2CC2)ncn1. The van der Waals surface area contributed by atoms with Gasteiger partial charge in [-0.2, -0.15) is 0 Å². The van der Waals surface area contributed by atoms with Crippen LogP contribution in [0.4, 0.5) is 11.6 Å². The number of hydrogen-bond donors (Lipinski definition) is 1. The second-order valence-corrected chi connectivity index (χ2v) is 4.73. The monoisotopic (exact) mass is 250 g/mol. The van der Waals surface area contributed by atoms with E-state index >= 15 is 0 Å². The summed E-state index contributed by atoms with van der Waals surface area (Å²) in [6, 6.07) is 1.96. The number of likely N-dealkylation sites (N-methyl/N-ethyl adjacent to an activating group) is 1. The molecule has 1 aliphatic carbocycles. The van der Waals surface area contributed by atoms with Gasteiger partial charge in [0.05, 0.1) is 6.61 Å². The molecule has 1 fully saturated rings. The lowest BCUT2D eigenvalue weighted by Gasteiger charge is -2.18. The van der Waals surface area contributed by atoms with Gasteiger partial charge in [0.1, 0.15) is 18.0 Å². The van der Waals surface area contributed by atoms with Crippen LogP contribution in [0.25, 0.3) is 0 Å². The van der Waals surface area contributed by atoms with Crippen LogP contribution in [0, 0.1) is 5.92 Å². The number of anilines is 2. The Morgan fingerprint density at radius 3 is 3.00 bits per heavy atom. The Morgan fingerprint density at radius 1 is 1.44 bits per heavy atom. The minimum atomic E-state index is 0.757. The molecule has 0 radical (unpaired) electrons. The van der Waals surface area contributed by atoms with Crippen molar-refractivity contribution in [2.75, 3.05) is 43.6 Å². The van der Waals surface area contributed by atoms with Crippen molar-refractivity contribution in [3.63, 3.8) is 0 Å². The average Bonchev–Trinajstić information content (AvgIpc) is 3.19. The standard InChI is InChI=1S/C13H22N4O/c1-3-14-12-8-13(16-10-15-12)17(2)6-7-18-9-11-4-5-11/h8,10-11H,3-7,9H2,1-2H3,(H,14,15,16). The summed E-state index contributed by atoms with van der Waals surface area (Å²) in [7, 11) is 2.03. The van der Waals surface area contributed by atoms with Crippen LogP contribution in [-0.2, 0) is 4.74 Å². The van der Waals surface area contributed by atoms with Crippen LogP contribution in [0.2, 0.25) is 0 Å². The van der Waals surface area contributed by atoms with E-state index in [0.29, 0.717) is 0 Å². The van der Waals surface area contributed by atoms with Crippen LogP contribution >= 0.6 is 0 Å². The van der Waals surface area contributed by atoms with Crippen molar-refractivity contribution in [1.29, 1.82) is 0 Å². The molecule has 0 unspecified atom stereocenters. The molecule has 1 aromatic heterocycles. The van der Waals surface area contributed by atoms with Gasteiger partial charge in [0.25, 0.3) is 0 Å². The van der Waals surface area contributed by atoms with Crippen molar-refractivity contribution in [1.82, 2.24) is 9.97 Å². The number of ether oxygens (including phenoxy) is 1. The summed E-state index contributed by atoms with van der Waals surface area (Å²) in [5, 5.41) is 3.18. The lowest BCUT2D eigenvalue weighted by atomic mass is 10.4. The Hall–Kier alpha value is -1.36.